The van der Waals surface area contributed by atoms with Crippen LogP contribution < -0.4 is 0 Å². The summed E-state index contributed by atoms with van der Waals surface area (Å²) in [5.74, 6) is 0.826. The molecule has 0 aliphatic carbocycles. The third kappa shape index (κ3) is 4.51. The molecule has 2 aromatic rings. The summed E-state index contributed by atoms with van der Waals surface area (Å²) < 4.78 is 2.07. The zero-order chi connectivity index (χ0) is 18.4. The molecule has 3 rings (SSSR count). The van der Waals surface area contributed by atoms with Gasteiger partial charge in [0, 0.05) is 18.9 Å². The van der Waals surface area contributed by atoms with E-state index < -0.39 is 0 Å². The van der Waals surface area contributed by atoms with E-state index in [1.54, 1.807) is 18.0 Å². The lowest BCUT2D eigenvalue weighted by Crippen LogP contribution is -2.29. The number of rotatable bonds is 9. The number of carbonyl (C=O) groups is 2. The van der Waals surface area contributed by atoms with Crippen molar-refractivity contribution in [3.05, 3.63) is 41.6 Å². The van der Waals surface area contributed by atoms with Crippen LogP contribution in [0.5, 0.6) is 0 Å². The molecule has 0 N–H and O–H groups in total. The number of hydrogen-bond acceptors (Lipinski definition) is 5. The van der Waals surface area contributed by atoms with E-state index in [-0.39, 0.29) is 11.1 Å². The molecule has 5 nitrogen and oxygen atoms in total. The van der Waals surface area contributed by atoms with Crippen LogP contribution in [0, 0.1) is 0 Å². The molecule has 0 radical (unpaired) electrons. The van der Waals surface area contributed by atoms with Crippen molar-refractivity contribution in [2.45, 2.75) is 44.1 Å². The zero-order valence-corrected chi connectivity index (χ0v) is 16.5. The summed E-state index contributed by atoms with van der Waals surface area (Å²) >= 11 is 2.85. The Morgan fingerprint density at radius 3 is 2.96 bits per heavy atom. The number of amides is 2. The lowest BCUT2D eigenvalue weighted by molar-refractivity contribution is -0.122. The SMILES string of the molecule is CCCC/C=C1/SC(=O)N(CCCCSc2cccc3nccn23)C1=O. The van der Waals surface area contributed by atoms with Gasteiger partial charge in [0.25, 0.3) is 11.1 Å². The Balaban J connectivity index is 1.43. The van der Waals surface area contributed by atoms with Gasteiger partial charge in [-0.05, 0) is 48.9 Å². The van der Waals surface area contributed by atoms with Crippen molar-refractivity contribution >= 4 is 40.3 Å². The van der Waals surface area contributed by atoms with Crippen LogP contribution in [-0.2, 0) is 4.79 Å². The van der Waals surface area contributed by atoms with Crippen LogP contribution in [0.15, 0.2) is 46.6 Å². The maximum atomic E-state index is 12.3. The van der Waals surface area contributed by atoms with Gasteiger partial charge in [0.05, 0.1) is 9.93 Å². The predicted octanol–water partition coefficient (Wildman–Crippen LogP) is 4.98. The normalized spacial score (nSPS) is 16.3. The first-order valence-corrected chi connectivity index (χ1v) is 10.8. The van der Waals surface area contributed by atoms with Gasteiger partial charge in [-0.15, -0.1) is 11.8 Å². The average Bonchev–Trinajstić information content (AvgIpc) is 3.22. The van der Waals surface area contributed by atoms with E-state index in [4.69, 9.17) is 0 Å². The van der Waals surface area contributed by atoms with Gasteiger partial charge in [-0.1, -0.05) is 31.9 Å². The van der Waals surface area contributed by atoms with Crippen molar-refractivity contribution in [2.75, 3.05) is 12.3 Å². The second-order valence-corrected chi connectivity index (χ2v) is 8.22. The number of unbranched alkanes of at least 4 members (excludes halogenated alkanes) is 3. The van der Waals surface area contributed by atoms with Crippen molar-refractivity contribution in [3.8, 4) is 0 Å². The first-order valence-electron chi connectivity index (χ1n) is 8.99. The number of imide groups is 1. The van der Waals surface area contributed by atoms with Gasteiger partial charge in [0.1, 0.15) is 5.65 Å². The number of pyridine rings is 1. The van der Waals surface area contributed by atoms with Gasteiger partial charge < -0.3 is 0 Å². The van der Waals surface area contributed by atoms with Crippen molar-refractivity contribution < 1.29 is 9.59 Å². The minimum Gasteiger partial charge on any atom is -0.294 e. The molecular formula is C19H23N3O2S2. The summed E-state index contributed by atoms with van der Waals surface area (Å²) in [6.07, 6.45) is 10.4. The Hall–Kier alpha value is -1.73. The van der Waals surface area contributed by atoms with Crippen LogP contribution in [0.2, 0.25) is 0 Å². The largest absolute Gasteiger partial charge is 0.294 e. The fourth-order valence-electron chi connectivity index (χ4n) is 2.76. The molecule has 1 fully saturated rings. The number of fused-ring (bicyclic) bond motifs is 1. The van der Waals surface area contributed by atoms with E-state index in [2.05, 4.69) is 22.4 Å². The Kier molecular flexibility index (Phi) is 6.80. The highest BCUT2D eigenvalue weighted by Gasteiger charge is 2.34. The third-order valence-corrected chi connectivity index (χ3v) is 6.26. The van der Waals surface area contributed by atoms with E-state index in [0.29, 0.717) is 11.4 Å². The van der Waals surface area contributed by atoms with E-state index in [0.717, 1.165) is 60.3 Å². The molecule has 1 saturated heterocycles. The fourth-order valence-corrected chi connectivity index (χ4v) is 4.65. The van der Waals surface area contributed by atoms with Crippen LogP contribution in [0.1, 0.15) is 39.0 Å². The minimum atomic E-state index is -0.131. The molecule has 2 amide bonds. The second kappa shape index (κ2) is 9.28. The number of aromatic nitrogens is 2. The van der Waals surface area contributed by atoms with Gasteiger partial charge >= 0.3 is 0 Å². The topological polar surface area (TPSA) is 54.7 Å². The molecule has 2 aromatic heterocycles. The average molecular weight is 390 g/mol. The smallest absolute Gasteiger partial charge is 0.293 e. The molecule has 3 heterocycles. The van der Waals surface area contributed by atoms with Crippen LogP contribution in [0.25, 0.3) is 5.65 Å². The monoisotopic (exact) mass is 389 g/mol. The lowest BCUT2D eigenvalue weighted by atomic mass is 10.2. The number of imidazole rings is 1. The van der Waals surface area contributed by atoms with Crippen LogP contribution in [0.3, 0.4) is 0 Å². The van der Waals surface area contributed by atoms with Gasteiger partial charge in [0.15, 0.2) is 0 Å². The number of carbonyl (C=O) groups excluding carboxylic acids is 2. The van der Waals surface area contributed by atoms with E-state index in [1.807, 2.05) is 24.4 Å². The fraction of sp³-hybridized carbons (Fsp3) is 0.421. The van der Waals surface area contributed by atoms with Gasteiger partial charge in [-0.2, -0.15) is 0 Å². The number of allylic oxidation sites excluding steroid dienone is 1. The molecule has 0 aromatic carbocycles. The molecule has 0 unspecified atom stereocenters. The Labute approximate surface area is 162 Å². The highest BCUT2D eigenvalue weighted by Crippen LogP contribution is 2.31. The summed E-state index contributed by atoms with van der Waals surface area (Å²) in [6, 6.07) is 6.07. The van der Waals surface area contributed by atoms with Crippen LogP contribution >= 0.6 is 23.5 Å². The van der Waals surface area contributed by atoms with Crippen LogP contribution in [-0.4, -0.2) is 37.7 Å². The molecule has 138 valence electrons. The van der Waals surface area contributed by atoms with Gasteiger partial charge in [0.2, 0.25) is 0 Å². The predicted molar refractivity (Wildman–Crippen MR) is 107 cm³/mol. The molecule has 0 atom stereocenters. The summed E-state index contributed by atoms with van der Waals surface area (Å²) in [7, 11) is 0. The third-order valence-electron chi connectivity index (χ3n) is 4.18. The maximum Gasteiger partial charge on any atom is 0.293 e. The summed E-state index contributed by atoms with van der Waals surface area (Å²) in [4.78, 5) is 30.6. The molecule has 0 spiro atoms. The molecular weight excluding hydrogens is 366 g/mol. The first kappa shape index (κ1) is 19.0. The molecule has 1 aliphatic rings. The van der Waals surface area contributed by atoms with E-state index >= 15 is 0 Å². The molecule has 7 heteroatoms. The zero-order valence-electron chi connectivity index (χ0n) is 14.9. The van der Waals surface area contributed by atoms with E-state index in [1.165, 1.54) is 4.90 Å². The Morgan fingerprint density at radius 2 is 2.12 bits per heavy atom. The standard InChI is InChI=1S/C19H23N3O2S2/c1-2-3-4-8-15-18(23)22(19(24)26-15)12-5-6-14-25-17-10-7-9-16-20-11-13-21(16)17/h7-11,13H,2-6,12,14H2,1H3/b15-8+. The second-order valence-electron chi connectivity index (χ2n) is 6.11. The Morgan fingerprint density at radius 1 is 1.23 bits per heavy atom. The Bertz CT molecular complexity index is 816. The van der Waals surface area contributed by atoms with Gasteiger partial charge in [-0.3, -0.25) is 18.9 Å². The molecule has 1 aliphatic heterocycles. The first-order chi connectivity index (χ1) is 12.7. The summed E-state index contributed by atoms with van der Waals surface area (Å²) in [5, 5.41) is 1.03. The lowest BCUT2D eigenvalue weighted by Gasteiger charge is -2.12. The molecule has 0 bridgehead atoms. The highest BCUT2D eigenvalue weighted by molar-refractivity contribution is 8.18. The molecule has 0 saturated carbocycles. The number of nitrogens with zero attached hydrogens (tertiary/aromatic N) is 3. The summed E-state index contributed by atoms with van der Waals surface area (Å²) in [6.45, 7) is 2.62. The van der Waals surface area contributed by atoms with Crippen molar-refractivity contribution in [2.24, 2.45) is 0 Å². The number of thioether (sulfide) groups is 2. The van der Waals surface area contributed by atoms with E-state index in [9.17, 15) is 9.59 Å². The maximum absolute atomic E-state index is 12.3. The van der Waals surface area contributed by atoms with Crippen molar-refractivity contribution in [3.63, 3.8) is 0 Å². The van der Waals surface area contributed by atoms with Crippen LogP contribution in [0.4, 0.5) is 4.79 Å². The quantitative estimate of drug-likeness (QED) is 0.344. The highest BCUT2D eigenvalue weighted by atomic mass is 32.2. The number of hydrogen-bond donors (Lipinski definition) is 0. The van der Waals surface area contributed by atoms with Gasteiger partial charge in [-0.25, -0.2) is 4.98 Å². The van der Waals surface area contributed by atoms with Crippen molar-refractivity contribution in [1.82, 2.24) is 14.3 Å². The molecule has 26 heavy (non-hydrogen) atoms. The summed E-state index contributed by atoms with van der Waals surface area (Å²) in [5.41, 5.74) is 0.947. The minimum absolute atomic E-state index is 0.119. The van der Waals surface area contributed by atoms with Crippen molar-refractivity contribution in [1.29, 1.82) is 0 Å².